The molecule has 0 aliphatic rings. The predicted molar refractivity (Wildman–Crippen MR) is 124 cm³/mol. The predicted octanol–water partition coefficient (Wildman–Crippen LogP) is 5.42. The molecule has 0 radical (unpaired) electrons. The van der Waals surface area contributed by atoms with Gasteiger partial charge < -0.3 is 9.73 Å². The van der Waals surface area contributed by atoms with Gasteiger partial charge in [0.25, 0.3) is 0 Å². The van der Waals surface area contributed by atoms with Gasteiger partial charge in [-0.1, -0.05) is 42.0 Å². The van der Waals surface area contributed by atoms with E-state index in [0.29, 0.717) is 27.2 Å². The van der Waals surface area contributed by atoms with Gasteiger partial charge in [-0.25, -0.2) is 4.98 Å². The highest BCUT2D eigenvalue weighted by atomic mass is 32.1. The Balaban J connectivity index is 1.34. The molecule has 0 unspecified atom stereocenters. The summed E-state index contributed by atoms with van der Waals surface area (Å²) in [5, 5.41) is 13.3. The van der Waals surface area contributed by atoms with Crippen LogP contribution in [0.2, 0.25) is 0 Å². The second kappa shape index (κ2) is 7.93. The average molecular weight is 448 g/mol. The van der Waals surface area contributed by atoms with Gasteiger partial charge in [0.15, 0.2) is 21.5 Å². The first-order chi connectivity index (χ1) is 15.1. The summed E-state index contributed by atoms with van der Waals surface area (Å²) in [6.07, 6.45) is 0. The molecule has 5 rings (SSSR count). The van der Waals surface area contributed by atoms with Gasteiger partial charge in [-0.2, -0.15) is 5.10 Å². The summed E-state index contributed by atoms with van der Waals surface area (Å²) in [5.41, 5.74) is 3.47. The van der Waals surface area contributed by atoms with Gasteiger partial charge >= 0.3 is 0 Å². The number of fused-ring (bicyclic) bond motifs is 1. The molecule has 5 aromatic rings. The Labute approximate surface area is 186 Å². The van der Waals surface area contributed by atoms with Crippen LogP contribution in [-0.4, -0.2) is 25.7 Å². The summed E-state index contributed by atoms with van der Waals surface area (Å²) in [7, 11) is 0. The topological polar surface area (TPSA) is 88.7 Å². The second-order valence-electron chi connectivity index (χ2n) is 7.04. The maximum atomic E-state index is 12.7. The molecule has 0 atom stereocenters. The number of rotatable bonds is 5. The molecule has 0 fully saturated rings. The van der Waals surface area contributed by atoms with Crippen LogP contribution in [0.1, 0.15) is 5.56 Å². The minimum Gasteiger partial charge on any atom is -0.454 e. The van der Waals surface area contributed by atoms with Gasteiger partial charge in [-0.3, -0.25) is 14.5 Å². The van der Waals surface area contributed by atoms with Crippen molar-refractivity contribution in [2.75, 3.05) is 5.32 Å². The summed E-state index contributed by atoms with van der Waals surface area (Å²) < 4.78 is 7.91. The van der Waals surface area contributed by atoms with Gasteiger partial charge in [0.2, 0.25) is 5.91 Å². The Bertz CT molecular complexity index is 1430. The Kier molecular flexibility index (Phi) is 4.97. The van der Waals surface area contributed by atoms with Crippen LogP contribution in [0, 0.1) is 11.7 Å². The molecule has 0 spiro atoms. The molecular weight excluding hydrogens is 430 g/mol. The zero-order valence-corrected chi connectivity index (χ0v) is 18.1. The molecule has 0 bridgehead atoms. The lowest BCUT2D eigenvalue weighted by molar-refractivity contribution is -0.116. The van der Waals surface area contributed by atoms with E-state index in [4.69, 9.17) is 16.6 Å². The number of aromatic nitrogens is 4. The SMILES string of the molecule is Cc1cccc(-c2n[nH]c(=S)n2CC(=O)Nc2nc(-c3cc4ccccc4o3)cs2)c1. The molecule has 154 valence electrons. The van der Waals surface area contributed by atoms with Crippen molar-refractivity contribution in [3.05, 3.63) is 70.3 Å². The van der Waals surface area contributed by atoms with Crippen molar-refractivity contribution < 1.29 is 9.21 Å². The first-order valence-corrected chi connectivity index (χ1v) is 10.8. The third kappa shape index (κ3) is 3.92. The molecule has 2 aromatic carbocycles. The highest BCUT2D eigenvalue weighted by Gasteiger charge is 2.15. The molecule has 3 heterocycles. The van der Waals surface area contributed by atoms with Crippen LogP contribution in [0.5, 0.6) is 0 Å². The molecule has 9 heteroatoms. The number of anilines is 1. The zero-order chi connectivity index (χ0) is 21.4. The van der Waals surface area contributed by atoms with E-state index in [1.807, 2.05) is 66.9 Å². The lowest BCUT2D eigenvalue weighted by Gasteiger charge is -2.07. The Morgan fingerprint density at radius 2 is 2.10 bits per heavy atom. The van der Waals surface area contributed by atoms with E-state index >= 15 is 0 Å². The van der Waals surface area contributed by atoms with Crippen molar-refractivity contribution in [1.82, 2.24) is 19.7 Å². The van der Waals surface area contributed by atoms with E-state index in [1.54, 1.807) is 4.57 Å². The summed E-state index contributed by atoms with van der Waals surface area (Å²) in [6, 6.07) is 17.6. The lowest BCUT2D eigenvalue weighted by atomic mass is 10.1. The Morgan fingerprint density at radius 1 is 1.23 bits per heavy atom. The minimum atomic E-state index is -0.239. The van der Waals surface area contributed by atoms with Crippen LogP contribution in [0.4, 0.5) is 5.13 Å². The number of aryl methyl sites for hydroxylation is 1. The van der Waals surface area contributed by atoms with Crippen molar-refractivity contribution in [2.45, 2.75) is 13.5 Å². The molecular formula is C22H17N5O2S2. The van der Waals surface area contributed by atoms with E-state index in [0.717, 1.165) is 22.1 Å². The molecule has 0 aliphatic carbocycles. The number of carbonyl (C=O) groups excluding carboxylic acids is 1. The zero-order valence-electron chi connectivity index (χ0n) is 16.5. The standard InChI is InChI=1S/C22H17N5O2S2/c1-13-5-4-7-15(9-13)20-25-26-22(30)27(20)11-19(28)24-21-23-16(12-31-21)18-10-14-6-2-3-8-17(14)29-18/h2-10,12H,11H2,1H3,(H,26,30)(H,23,24,28). The second-order valence-corrected chi connectivity index (χ2v) is 8.29. The summed E-state index contributed by atoms with van der Waals surface area (Å²) in [6.45, 7) is 2.03. The molecule has 1 amide bonds. The molecule has 2 N–H and O–H groups in total. The van der Waals surface area contributed by atoms with Crippen LogP contribution >= 0.6 is 23.6 Å². The van der Waals surface area contributed by atoms with E-state index in [-0.39, 0.29) is 12.5 Å². The van der Waals surface area contributed by atoms with Gasteiger partial charge in [0.1, 0.15) is 17.8 Å². The van der Waals surface area contributed by atoms with Crippen LogP contribution in [0.15, 0.2) is 64.4 Å². The van der Waals surface area contributed by atoms with Gasteiger partial charge in [0.05, 0.1) is 0 Å². The van der Waals surface area contributed by atoms with Crippen LogP contribution in [0.25, 0.3) is 33.8 Å². The van der Waals surface area contributed by atoms with Crippen molar-refractivity contribution in [1.29, 1.82) is 0 Å². The van der Waals surface area contributed by atoms with Crippen molar-refractivity contribution in [3.8, 4) is 22.8 Å². The number of amides is 1. The number of furan rings is 1. The number of carbonyl (C=O) groups is 1. The molecule has 0 saturated carbocycles. The quantitative estimate of drug-likeness (QED) is 0.351. The van der Waals surface area contributed by atoms with Crippen LogP contribution in [-0.2, 0) is 11.3 Å². The number of para-hydroxylation sites is 1. The van der Waals surface area contributed by atoms with Gasteiger partial charge in [-0.15, -0.1) is 11.3 Å². The maximum absolute atomic E-state index is 12.7. The number of nitrogens with zero attached hydrogens (tertiary/aromatic N) is 3. The van der Waals surface area contributed by atoms with E-state index < -0.39 is 0 Å². The first kappa shape index (κ1) is 19.4. The number of H-pyrrole nitrogens is 1. The molecule has 0 aliphatic heterocycles. The molecule has 3 aromatic heterocycles. The van der Waals surface area contributed by atoms with Crippen LogP contribution < -0.4 is 5.32 Å². The van der Waals surface area contributed by atoms with Gasteiger partial charge in [-0.05, 0) is 37.3 Å². The number of thiazole rings is 1. The summed E-state index contributed by atoms with van der Waals surface area (Å²) >= 11 is 6.67. The molecule has 7 nitrogen and oxygen atoms in total. The highest BCUT2D eigenvalue weighted by molar-refractivity contribution is 7.71. The maximum Gasteiger partial charge on any atom is 0.246 e. The van der Waals surface area contributed by atoms with Crippen molar-refractivity contribution in [3.63, 3.8) is 0 Å². The fourth-order valence-corrected chi connectivity index (χ4v) is 4.24. The monoisotopic (exact) mass is 447 g/mol. The largest absolute Gasteiger partial charge is 0.454 e. The number of nitrogens with one attached hydrogen (secondary N) is 2. The highest BCUT2D eigenvalue weighted by Crippen LogP contribution is 2.30. The van der Waals surface area contributed by atoms with Gasteiger partial charge in [0, 0.05) is 16.3 Å². The lowest BCUT2D eigenvalue weighted by Crippen LogP contribution is -2.19. The van der Waals surface area contributed by atoms with E-state index in [9.17, 15) is 4.79 Å². The minimum absolute atomic E-state index is 0.0260. The molecule has 31 heavy (non-hydrogen) atoms. The normalized spacial score (nSPS) is 11.1. The average Bonchev–Trinajstić information content (AvgIpc) is 3.47. The van der Waals surface area contributed by atoms with E-state index in [1.165, 1.54) is 11.3 Å². The molecule has 0 saturated heterocycles. The Hall–Kier alpha value is -3.56. The van der Waals surface area contributed by atoms with Crippen molar-refractivity contribution >= 4 is 45.6 Å². The number of hydrogen-bond acceptors (Lipinski definition) is 6. The van der Waals surface area contributed by atoms with Crippen molar-refractivity contribution in [2.24, 2.45) is 0 Å². The fourth-order valence-electron chi connectivity index (χ4n) is 3.32. The fraction of sp³-hybridized carbons (Fsp3) is 0.0909. The Morgan fingerprint density at radius 3 is 2.94 bits per heavy atom. The summed E-state index contributed by atoms with van der Waals surface area (Å²) in [5.74, 6) is 1.04. The van der Waals surface area contributed by atoms with E-state index in [2.05, 4.69) is 20.5 Å². The third-order valence-corrected chi connectivity index (χ3v) is 5.83. The summed E-state index contributed by atoms with van der Waals surface area (Å²) in [4.78, 5) is 17.2. The van der Waals surface area contributed by atoms with Crippen LogP contribution in [0.3, 0.4) is 0 Å². The smallest absolute Gasteiger partial charge is 0.246 e. The first-order valence-electron chi connectivity index (χ1n) is 9.53. The third-order valence-electron chi connectivity index (χ3n) is 4.76. The number of aromatic amines is 1. The number of hydrogen-bond donors (Lipinski definition) is 2. The number of benzene rings is 2.